The quantitative estimate of drug-likeness (QED) is 0.618. The third-order valence-corrected chi connectivity index (χ3v) is 8.39. The third-order valence-electron chi connectivity index (χ3n) is 6.41. The fourth-order valence-electron chi connectivity index (χ4n) is 4.57. The summed E-state index contributed by atoms with van der Waals surface area (Å²) in [7, 11) is 1.33. The Morgan fingerprint density at radius 2 is 2.00 bits per heavy atom. The Labute approximate surface area is 195 Å². The molecular formula is C21H25Cl2N5O2S. The predicted molar refractivity (Wildman–Crippen MR) is 124 cm³/mol. The zero-order valence-corrected chi connectivity index (χ0v) is 19.6. The van der Waals surface area contributed by atoms with Crippen LogP contribution in [0.15, 0.2) is 28.1 Å². The van der Waals surface area contributed by atoms with Crippen LogP contribution >= 0.6 is 35.0 Å². The Balaban J connectivity index is 1.63. The van der Waals surface area contributed by atoms with Gasteiger partial charge in [0.1, 0.15) is 5.03 Å². The molecule has 2 heterocycles. The van der Waals surface area contributed by atoms with Gasteiger partial charge in [0.2, 0.25) is 0 Å². The normalized spacial score (nSPS) is 20.3. The van der Waals surface area contributed by atoms with Gasteiger partial charge in [-0.2, -0.15) is 0 Å². The first-order valence-corrected chi connectivity index (χ1v) is 11.8. The number of carbonyl (C=O) groups is 1. The molecule has 4 rings (SSSR count). The van der Waals surface area contributed by atoms with Crippen molar-refractivity contribution in [2.75, 3.05) is 30.8 Å². The van der Waals surface area contributed by atoms with E-state index < -0.39 is 5.97 Å². The van der Waals surface area contributed by atoms with Crippen molar-refractivity contribution in [2.45, 2.75) is 48.1 Å². The molecule has 1 atom stereocenters. The molecule has 1 spiro atoms. The lowest BCUT2D eigenvalue weighted by molar-refractivity contribution is 0.0593. The lowest BCUT2D eigenvalue weighted by Crippen LogP contribution is -2.47. The van der Waals surface area contributed by atoms with Gasteiger partial charge in [0.05, 0.1) is 17.2 Å². The first kappa shape index (κ1) is 22.5. The van der Waals surface area contributed by atoms with E-state index in [-0.39, 0.29) is 23.0 Å². The molecular weight excluding hydrogens is 457 g/mol. The van der Waals surface area contributed by atoms with Crippen LogP contribution in [0, 0.1) is 5.41 Å². The van der Waals surface area contributed by atoms with Crippen LogP contribution in [0.5, 0.6) is 0 Å². The summed E-state index contributed by atoms with van der Waals surface area (Å²) < 4.78 is 4.98. The molecule has 0 unspecified atom stereocenters. The topological polar surface area (TPSA) is 107 Å². The molecule has 1 aromatic carbocycles. The number of aromatic nitrogens is 2. The Morgan fingerprint density at radius 1 is 1.26 bits per heavy atom. The lowest BCUT2D eigenvalue weighted by atomic mass is 9.74. The average Bonchev–Trinajstić information content (AvgIpc) is 3.12. The van der Waals surface area contributed by atoms with Crippen LogP contribution in [0.4, 0.5) is 11.6 Å². The number of hydrogen-bond donors (Lipinski definition) is 2. The van der Waals surface area contributed by atoms with Crippen molar-refractivity contribution in [3.8, 4) is 0 Å². The second-order valence-corrected chi connectivity index (χ2v) is 9.90. The highest BCUT2D eigenvalue weighted by molar-refractivity contribution is 7.99. The number of carbonyl (C=O) groups excluding carboxylic acids is 1. The van der Waals surface area contributed by atoms with Crippen LogP contribution in [0.3, 0.4) is 0 Å². The van der Waals surface area contributed by atoms with E-state index in [0.717, 1.165) is 38.8 Å². The van der Waals surface area contributed by atoms with Crippen LogP contribution < -0.4 is 16.4 Å². The van der Waals surface area contributed by atoms with Crippen molar-refractivity contribution in [3.63, 3.8) is 0 Å². The number of ether oxygens (including phenoxy) is 1. The minimum absolute atomic E-state index is 0.143. The molecule has 1 saturated carbocycles. The number of piperidine rings is 1. The summed E-state index contributed by atoms with van der Waals surface area (Å²) in [6.45, 7) is 1.50. The molecule has 166 valence electrons. The fourth-order valence-corrected chi connectivity index (χ4v) is 5.88. The highest BCUT2D eigenvalue weighted by Crippen LogP contribution is 2.46. The van der Waals surface area contributed by atoms with Gasteiger partial charge in [-0.05, 0) is 43.2 Å². The second-order valence-electron chi connectivity index (χ2n) is 8.08. The monoisotopic (exact) mass is 481 g/mol. The zero-order valence-electron chi connectivity index (χ0n) is 17.2. The van der Waals surface area contributed by atoms with Crippen molar-refractivity contribution < 1.29 is 9.53 Å². The molecule has 1 aromatic heterocycles. The van der Waals surface area contributed by atoms with Crippen molar-refractivity contribution in [1.82, 2.24) is 9.97 Å². The van der Waals surface area contributed by atoms with Crippen LogP contribution in [-0.2, 0) is 4.74 Å². The molecule has 2 fully saturated rings. The van der Waals surface area contributed by atoms with Crippen LogP contribution in [0.2, 0.25) is 10.0 Å². The minimum Gasteiger partial charge on any atom is -0.464 e. The van der Waals surface area contributed by atoms with Gasteiger partial charge in [0.25, 0.3) is 0 Å². The summed E-state index contributed by atoms with van der Waals surface area (Å²) in [6, 6.07) is 5.53. The molecule has 2 aromatic rings. The number of esters is 1. The van der Waals surface area contributed by atoms with Crippen molar-refractivity contribution in [1.29, 1.82) is 0 Å². The highest BCUT2D eigenvalue weighted by atomic mass is 35.5. The third kappa shape index (κ3) is 4.31. The van der Waals surface area contributed by atoms with E-state index in [9.17, 15) is 4.79 Å². The molecule has 10 heteroatoms. The maximum atomic E-state index is 12.5. The number of nitrogen functional groups attached to an aromatic ring is 1. The standard InChI is InChI=1S/C21H25Cl2N5O2S/c1-30-20(29)16-18(28-10-8-21(9-11-28)7-3-6-14(21)24)27-17(25)19(26-16)31-13-5-2-4-12(22)15(13)23/h2,4-5,14H,3,6-11,24H2,1H3,(H2,25,27)/t14-/m1/s1. The summed E-state index contributed by atoms with van der Waals surface area (Å²) in [5.74, 6) is 0.119. The zero-order chi connectivity index (χ0) is 22.2. The molecule has 2 aliphatic rings. The largest absolute Gasteiger partial charge is 0.464 e. The number of methoxy groups -OCH3 is 1. The molecule has 7 nitrogen and oxygen atoms in total. The van der Waals surface area contributed by atoms with Crippen molar-refractivity contribution in [3.05, 3.63) is 33.9 Å². The Hall–Kier alpha value is -1.74. The smallest absolute Gasteiger partial charge is 0.360 e. The Morgan fingerprint density at radius 3 is 2.65 bits per heavy atom. The summed E-state index contributed by atoms with van der Waals surface area (Å²) in [5, 5.41) is 1.20. The lowest BCUT2D eigenvalue weighted by Gasteiger charge is -2.42. The summed E-state index contributed by atoms with van der Waals surface area (Å²) in [4.78, 5) is 24.4. The number of nitrogens with two attached hydrogens (primary N) is 2. The van der Waals surface area contributed by atoms with Crippen LogP contribution in [0.1, 0.15) is 42.6 Å². The number of nitrogens with zero attached hydrogens (tertiary/aromatic N) is 3. The summed E-state index contributed by atoms with van der Waals surface area (Å²) >= 11 is 13.6. The average molecular weight is 482 g/mol. The first-order chi connectivity index (χ1) is 14.8. The molecule has 0 radical (unpaired) electrons. The van der Waals surface area contributed by atoms with Gasteiger partial charge in [-0.25, -0.2) is 14.8 Å². The number of halogens is 2. The van der Waals surface area contributed by atoms with Gasteiger partial charge in [0.15, 0.2) is 17.3 Å². The molecule has 0 amide bonds. The summed E-state index contributed by atoms with van der Waals surface area (Å²) in [6.07, 6.45) is 5.35. The van der Waals surface area contributed by atoms with Crippen LogP contribution in [0.25, 0.3) is 0 Å². The van der Waals surface area contributed by atoms with Crippen LogP contribution in [-0.4, -0.2) is 42.2 Å². The minimum atomic E-state index is -0.556. The van der Waals surface area contributed by atoms with Gasteiger partial charge in [-0.3, -0.25) is 0 Å². The number of benzene rings is 1. The Kier molecular flexibility index (Phi) is 6.53. The molecule has 4 N–H and O–H groups in total. The highest BCUT2D eigenvalue weighted by Gasteiger charge is 2.43. The maximum absolute atomic E-state index is 12.5. The second kappa shape index (κ2) is 9.02. The van der Waals surface area contributed by atoms with Gasteiger partial charge >= 0.3 is 5.97 Å². The van der Waals surface area contributed by atoms with Gasteiger partial charge in [-0.1, -0.05) is 47.5 Å². The van der Waals surface area contributed by atoms with E-state index in [1.165, 1.54) is 25.3 Å². The maximum Gasteiger partial charge on any atom is 0.360 e. The molecule has 31 heavy (non-hydrogen) atoms. The van der Waals surface area contributed by atoms with Gasteiger partial charge < -0.3 is 21.1 Å². The van der Waals surface area contributed by atoms with E-state index in [2.05, 4.69) is 14.9 Å². The van der Waals surface area contributed by atoms with Crippen molar-refractivity contribution >= 4 is 52.6 Å². The van der Waals surface area contributed by atoms with E-state index in [4.69, 9.17) is 39.4 Å². The van der Waals surface area contributed by atoms with Gasteiger partial charge in [0, 0.05) is 24.0 Å². The fraction of sp³-hybridized carbons (Fsp3) is 0.476. The summed E-state index contributed by atoms with van der Waals surface area (Å²) in [5.41, 5.74) is 13.0. The number of rotatable bonds is 4. The van der Waals surface area contributed by atoms with E-state index in [0.29, 0.717) is 25.8 Å². The van der Waals surface area contributed by atoms with E-state index in [1.54, 1.807) is 18.2 Å². The van der Waals surface area contributed by atoms with Gasteiger partial charge in [-0.15, -0.1) is 0 Å². The molecule has 0 bridgehead atoms. The predicted octanol–water partition coefficient (Wildman–Crippen LogP) is 4.40. The first-order valence-electron chi connectivity index (χ1n) is 10.2. The molecule has 1 saturated heterocycles. The van der Waals surface area contributed by atoms with E-state index >= 15 is 0 Å². The van der Waals surface area contributed by atoms with E-state index in [1.807, 2.05) is 0 Å². The number of hydrogen-bond acceptors (Lipinski definition) is 8. The SMILES string of the molecule is COC(=O)c1nc(Sc2cccc(Cl)c2Cl)c(N)nc1N1CCC2(CCC[C@H]2N)CC1. The molecule has 1 aliphatic carbocycles. The molecule has 1 aliphatic heterocycles. The van der Waals surface area contributed by atoms with Crippen molar-refractivity contribution in [2.24, 2.45) is 11.1 Å². The Bertz CT molecular complexity index is 998. The number of anilines is 2.